The fourth-order valence-electron chi connectivity index (χ4n) is 5.84. The molecule has 1 saturated heterocycles. The van der Waals surface area contributed by atoms with Crippen LogP contribution >= 0.6 is 0 Å². The molecule has 3 amide bonds. The third-order valence-electron chi connectivity index (χ3n) is 7.66. The van der Waals surface area contributed by atoms with Crippen LogP contribution in [0.5, 0.6) is 0 Å². The molecule has 39 heavy (non-hydrogen) atoms. The van der Waals surface area contributed by atoms with E-state index in [1.165, 1.54) is 11.1 Å². The molecule has 10 heteroatoms. The van der Waals surface area contributed by atoms with Gasteiger partial charge in [0.1, 0.15) is 11.7 Å². The number of H-pyrrole nitrogens is 1. The maximum atomic E-state index is 14.0. The van der Waals surface area contributed by atoms with Crippen LogP contribution < -0.4 is 10.6 Å². The highest BCUT2D eigenvalue weighted by atomic mass is 16.4. The van der Waals surface area contributed by atoms with Crippen molar-refractivity contribution in [2.24, 2.45) is 11.1 Å². The minimum atomic E-state index is -0.972. The number of nitrogens with one attached hydrogen (secondary N) is 3. The zero-order valence-corrected chi connectivity index (χ0v) is 22.0. The summed E-state index contributed by atoms with van der Waals surface area (Å²) in [6, 6.07) is 11.1. The summed E-state index contributed by atoms with van der Waals surface area (Å²) in [6.07, 6.45) is 1.91. The zero-order chi connectivity index (χ0) is 27.9. The van der Waals surface area contributed by atoms with E-state index in [1.807, 2.05) is 45.0 Å². The van der Waals surface area contributed by atoms with E-state index in [0.29, 0.717) is 23.3 Å². The Labute approximate surface area is 225 Å². The summed E-state index contributed by atoms with van der Waals surface area (Å²) < 4.78 is 0. The Hall–Kier alpha value is -4.65. The van der Waals surface area contributed by atoms with Crippen molar-refractivity contribution < 1.29 is 19.6 Å². The van der Waals surface area contributed by atoms with Crippen LogP contribution in [0.15, 0.2) is 47.6 Å². The number of hydrogen-bond donors (Lipinski definition) is 4. The van der Waals surface area contributed by atoms with Gasteiger partial charge in [0, 0.05) is 23.1 Å². The minimum absolute atomic E-state index is 0.0856. The molecule has 1 spiro atoms. The summed E-state index contributed by atoms with van der Waals surface area (Å²) in [5.41, 5.74) is 2.83. The Morgan fingerprint density at radius 1 is 1.31 bits per heavy atom. The Bertz CT molecular complexity index is 1550. The maximum Gasteiger partial charge on any atom is 0.268 e. The zero-order valence-electron chi connectivity index (χ0n) is 22.0. The first-order chi connectivity index (χ1) is 18.7. The van der Waals surface area contributed by atoms with Gasteiger partial charge < -0.3 is 25.7 Å². The van der Waals surface area contributed by atoms with E-state index >= 15 is 0 Å². The third kappa shape index (κ3) is 4.50. The molecule has 10 nitrogen and oxygen atoms in total. The molecule has 0 saturated carbocycles. The van der Waals surface area contributed by atoms with Crippen LogP contribution in [0.25, 0.3) is 15.7 Å². The number of aryl methyl sites for hydroxylation is 1. The summed E-state index contributed by atoms with van der Waals surface area (Å²) in [4.78, 5) is 48.6. The van der Waals surface area contributed by atoms with E-state index in [2.05, 4.69) is 25.6 Å². The number of nitrogens with zero attached hydrogens (tertiary/aromatic N) is 3. The van der Waals surface area contributed by atoms with Gasteiger partial charge in [-0.15, -0.1) is 0 Å². The number of aromatic amines is 1. The van der Waals surface area contributed by atoms with Gasteiger partial charge in [-0.1, -0.05) is 48.8 Å². The minimum Gasteiger partial charge on any atom is -0.411 e. The second kappa shape index (κ2) is 9.91. The lowest BCUT2D eigenvalue weighted by Crippen LogP contribution is -2.51. The summed E-state index contributed by atoms with van der Waals surface area (Å²) >= 11 is 0. The van der Waals surface area contributed by atoms with E-state index in [4.69, 9.17) is 6.57 Å². The summed E-state index contributed by atoms with van der Waals surface area (Å²) in [5.74, 6) is -0.910. The van der Waals surface area contributed by atoms with Gasteiger partial charge in [-0.3, -0.25) is 14.4 Å². The lowest BCUT2D eigenvalue weighted by atomic mass is 9.80. The van der Waals surface area contributed by atoms with Crippen molar-refractivity contribution in [1.82, 2.24) is 15.2 Å². The number of likely N-dealkylation sites (tertiary alicyclic amines) is 1. The Kier molecular flexibility index (Phi) is 6.60. The number of aromatic nitrogens is 1. The Morgan fingerprint density at radius 2 is 2.08 bits per heavy atom. The number of oxime groups is 1. The van der Waals surface area contributed by atoms with Gasteiger partial charge in [-0.2, -0.15) is 0 Å². The fraction of sp³-hybridized carbons (Fsp3) is 0.345. The van der Waals surface area contributed by atoms with Crippen LogP contribution in [0.2, 0.25) is 0 Å². The molecule has 1 aromatic heterocycles. The molecule has 200 valence electrons. The monoisotopic (exact) mass is 526 g/mol. The van der Waals surface area contributed by atoms with Gasteiger partial charge in [-0.25, -0.2) is 4.85 Å². The molecular weight excluding hydrogens is 496 g/mol. The van der Waals surface area contributed by atoms with Crippen molar-refractivity contribution in [3.05, 3.63) is 70.7 Å². The third-order valence-corrected chi connectivity index (χ3v) is 7.66. The summed E-state index contributed by atoms with van der Waals surface area (Å²) in [5, 5.41) is 19.2. The Balaban J connectivity index is 1.44. The highest BCUT2D eigenvalue weighted by Gasteiger charge is 2.56. The second-order valence-corrected chi connectivity index (χ2v) is 10.8. The van der Waals surface area contributed by atoms with E-state index in [9.17, 15) is 19.6 Å². The number of benzene rings is 2. The SMILES string of the molecule is [C-]#[N+]c1cc(C)c2cc(C(=O)N[C@@H](CC(C)C)C(=O)N3C[C@]4(C[C@H]3C=NO)C(=O)Nc3ccccc34)[nH]c2c1. The van der Waals surface area contributed by atoms with Gasteiger partial charge in [0.15, 0.2) is 5.69 Å². The number of rotatable bonds is 6. The predicted octanol–water partition coefficient (Wildman–Crippen LogP) is 4.12. The van der Waals surface area contributed by atoms with Crippen LogP contribution in [-0.2, 0) is 15.0 Å². The number of anilines is 1. The number of carbonyl (C=O) groups is 3. The molecule has 2 aliphatic rings. The average Bonchev–Trinajstić information content (AvgIpc) is 3.58. The van der Waals surface area contributed by atoms with E-state index in [0.717, 1.165) is 16.5 Å². The molecule has 2 aromatic carbocycles. The molecule has 2 aliphatic heterocycles. The molecule has 3 heterocycles. The molecular formula is C29H30N6O4. The molecule has 0 bridgehead atoms. The summed E-state index contributed by atoms with van der Waals surface area (Å²) in [6.45, 7) is 13.2. The molecule has 0 radical (unpaired) electrons. The van der Waals surface area contributed by atoms with E-state index in [-0.39, 0.29) is 36.4 Å². The van der Waals surface area contributed by atoms with Crippen molar-refractivity contribution in [2.45, 2.75) is 51.1 Å². The van der Waals surface area contributed by atoms with Crippen molar-refractivity contribution in [2.75, 3.05) is 11.9 Å². The lowest BCUT2D eigenvalue weighted by Gasteiger charge is -2.29. The number of carbonyl (C=O) groups excluding carboxylic acids is 3. The number of amides is 3. The van der Waals surface area contributed by atoms with Crippen molar-refractivity contribution >= 4 is 46.2 Å². The quantitative estimate of drug-likeness (QED) is 0.167. The van der Waals surface area contributed by atoms with Gasteiger partial charge in [0.05, 0.1) is 24.2 Å². The lowest BCUT2D eigenvalue weighted by molar-refractivity contribution is -0.133. The molecule has 4 N–H and O–H groups in total. The molecule has 5 rings (SSSR count). The topological polar surface area (TPSA) is 131 Å². The van der Waals surface area contributed by atoms with Gasteiger partial charge in [0.25, 0.3) is 5.91 Å². The standard InChI is InChI=1S/C29H30N6O4/c1-16(2)9-25(33-26(36)24-12-20-17(3)10-18(30-4)11-23(20)32-24)27(37)35-15-29(13-19(35)14-31-39)21-7-5-6-8-22(21)34-28(29)38/h5-8,10-12,14,16,19,25,32,39H,9,13,15H2,1-3H3,(H,33,36)(H,34,38)/t19-,25-,29-/m0/s1. The molecule has 3 aromatic rings. The van der Waals surface area contributed by atoms with Crippen LogP contribution in [0.4, 0.5) is 11.4 Å². The van der Waals surface area contributed by atoms with Crippen LogP contribution in [0.3, 0.4) is 0 Å². The maximum absolute atomic E-state index is 14.0. The number of fused-ring (bicyclic) bond motifs is 3. The number of hydrogen-bond acceptors (Lipinski definition) is 5. The normalized spacial score (nSPS) is 20.9. The molecule has 3 atom stereocenters. The van der Waals surface area contributed by atoms with E-state index in [1.54, 1.807) is 18.2 Å². The first-order valence-corrected chi connectivity index (χ1v) is 12.9. The largest absolute Gasteiger partial charge is 0.411 e. The number of para-hydroxylation sites is 1. The predicted molar refractivity (Wildman–Crippen MR) is 147 cm³/mol. The smallest absolute Gasteiger partial charge is 0.268 e. The van der Waals surface area contributed by atoms with Gasteiger partial charge in [0.2, 0.25) is 11.8 Å². The Morgan fingerprint density at radius 3 is 2.79 bits per heavy atom. The first kappa shape index (κ1) is 26.0. The highest BCUT2D eigenvalue weighted by Crippen LogP contribution is 2.46. The molecule has 0 aliphatic carbocycles. The summed E-state index contributed by atoms with van der Waals surface area (Å²) in [7, 11) is 0. The van der Waals surface area contributed by atoms with E-state index < -0.39 is 23.4 Å². The fourth-order valence-corrected chi connectivity index (χ4v) is 5.84. The van der Waals surface area contributed by atoms with Crippen molar-refractivity contribution in [3.63, 3.8) is 0 Å². The van der Waals surface area contributed by atoms with Gasteiger partial charge >= 0.3 is 0 Å². The highest BCUT2D eigenvalue weighted by molar-refractivity contribution is 6.08. The van der Waals surface area contributed by atoms with Crippen molar-refractivity contribution in [3.8, 4) is 0 Å². The van der Waals surface area contributed by atoms with Gasteiger partial charge in [-0.05, 0) is 49.4 Å². The second-order valence-electron chi connectivity index (χ2n) is 10.8. The van der Waals surface area contributed by atoms with Crippen LogP contribution in [0.1, 0.15) is 48.3 Å². The van der Waals surface area contributed by atoms with Crippen LogP contribution in [-0.4, -0.2) is 57.7 Å². The van der Waals surface area contributed by atoms with Crippen LogP contribution in [0, 0.1) is 19.4 Å². The van der Waals surface area contributed by atoms with Crippen molar-refractivity contribution in [1.29, 1.82) is 0 Å². The molecule has 1 fully saturated rings. The average molecular weight is 527 g/mol. The first-order valence-electron chi connectivity index (χ1n) is 12.9. The molecule has 0 unspecified atom stereocenters.